The zero-order chi connectivity index (χ0) is 23.3. The van der Waals surface area contributed by atoms with Crippen LogP contribution in [0.1, 0.15) is 30.9 Å². The average molecular weight is 441 g/mol. The highest BCUT2D eigenvalue weighted by Crippen LogP contribution is 2.14. The predicted octanol–water partition coefficient (Wildman–Crippen LogP) is 2.00. The first kappa shape index (κ1) is 24.5. The zero-order valence-corrected chi connectivity index (χ0v) is 17.8. The molecule has 0 aliphatic heterocycles. The highest BCUT2D eigenvalue weighted by atomic mass is 16.5. The average Bonchev–Trinajstić information content (AvgIpc) is 2.81. The molecular formula is C23H27N3O6. The molecule has 2 rings (SSSR count). The molecule has 9 heteroatoms. The van der Waals surface area contributed by atoms with Crippen molar-refractivity contribution in [3.63, 3.8) is 0 Å². The van der Waals surface area contributed by atoms with Crippen LogP contribution in [0.2, 0.25) is 0 Å². The number of nitrogens with two attached hydrogens (primary N) is 1. The first-order valence-corrected chi connectivity index (χ1v) is 10.1. The summed E-state index contributed by atoms with van der Waals surface area (Å²) in [6, 6.07) is 17.0. The molecule has 1 unspecified atom stereocenters. The Morgan fingerprint density at radius 3 is 1.94 bits per heavy atom. The van der Waals surface area contributed by atoms with E-state index in [9.17, 15) is 19.2 Å². The molecule has 2 aromatic rings. The number of nitrogens with one attached hydrogen (secondary N) is 2. The van der Waals surface area contributed by atoms with E-state index in [0.717, 1.165) is 11.1 Å². The minimum absolute atomic E-state index is 0.00159. The van der Waals surface area contributed by atoms with Gasteiger partial charge in [0.15, 0.2) is 0 Å². The zero-order valence-electron chi connectivity index (χ0n) is 17.8. The van der Waals surface area contributed by atoms with Gasteiger partial charge in [-0.2, -0.15) is 0 Å². The number of rotatable bonds is 11. The Kier molecular flexibility index (Phi) is 9.86. The van der Waals surface area contributed by atoms with Gasteiger partial charge in [0.05, 0.1) is 0 Å². The van der Waals surface area contributed by atoms with Gasteiger partial charge in [0.25, 0.3) is 0 Å². The van der Waals surface area contributed by atoms with Crippen molar-refractivity contribution in [2.75, 3.05) is 0 Å². The Morgan fingerprint density at radius 1 is 0.875 bits per heavy atom. The van der Waals surface area contributed by atoms with Crippen molar-refractivity contribution in [2.24, 2.45) is 11.8 Å². The lowest BCUT2D eigenvalue weighted by Crippen LogP contribution is -2.49. The van der Waals surface area contributed by atoms with E-state index in [0.29, 0.717) is 0 Å². The topological polar surface area (TPSA) is 137 Å². The second kappa shape index (κ2) is 12.9. The molecule has 2 atom stereocenters. The van der Waals surface area contributed by atoms with Gasteiger partial charge in [0.2, 0.25) is 5.78 Å². The summed E-state index contributed by atoms with van der Waals surface area (Å²) < 4.78 is 10.4. The molecule has 2 amide bonds. The molecule has 2 aromatic carbocycles. The van der Waals surface area contributed by atoms with Crippen LogP contribution < -0.4 is 16.6 Å². The number of ketones is 1. The summed E-state index contributed by atoms with van der Waals surface area (Å²) in [5.74, 6) is 2.23. The Hall–Kier alpha value is -3.72. The largest absolute Gasteiger partial charge is 0.461 e. The van der Waals surface area contributed by atoms with Gasteiger partial charge >= 0.3 is 18.0 Å². The van der Waals surface area contributed by atoms with E-state index >= 15 is 0 Å². The Labute approximate surface area is 186 Å². The highest BCUT2D eigenvalue weighted by Gasteiger charge is 2.29. The molecule has 4 N–H and O–H groups in total. The number of alkyl carbamates (subject to hydrolysis) is 1. The first-order chi connectivity index (χ1) is 15.4. The molecule has 0 bridgehead atoms. The number of Topliss-reactive ketones (excluding diaryl/α,β-unsaturated/α-hetero) is 1. The summed E-state index contributed by atoms with van der Waals surface area (Å²) >= 11 is 0. The summed E-state index contributed by atoms with van der Waals surface area (Å²) in [5.41, 5.74) is 3.37. The molecule has 0 fully saturated rings. The van der Waals surface area contributed by atoms with Crippen molar-refractivity contribution in [1.82, 2.24) is 10.7 Å². The molecule has 32 heavy (non-hydrogen) atoms. The van der Waals surface area contributed by atoms with Crippen molar-refractivity contribution in [1.29, 1.82) is 0 Å². The summed E-state index contributed by atoms with van der Waals surface area (Å²) in [7, 11) is 0. The molecule has 9 nitrogen and oxygen atoms in total. The third kappa shape index (κ3) is 8.57. The summed E-state index contributed by atoms with van der Waals surface area (Å²) in [5, 5.41) is 2.39. The van der Waals surface area contributed by atoms with Crippen molar-refractivity contribution < 1.29 is 28.7 Å². The van der Waals surface area contributed by atoms with E-state index in [-0.39, 0.29) is 32.0 Å². The van der Waals surface area contributed by atoms with E-state index in [2.05, 4.69) is 5.32 Å². The molecule has 0 heterocycles. The van der Waals surface area contributed by atoms with E-state index < -0.39 is 29.8 Å². The fourth-order valence-corrected chi connectivity index (χ4v) is 2.94. The normalized spacial score (nSPS) is 12.2. The molecule has 0 aliphatic carbocycles. The minimum Gasteiger partial charge on any atom is -0.461 e. The number of esters is 1. The second-order valence-electron chi connectivity index (χ2n) is 7.29. The van der Waals surface area contributed by atoms with Gasteiger partial charge in [-0.1, -0.05) is 67.6 Å². The Morgan fingerprint density at radius 2 is 1.41 bits per heavy atom. The van der Waals surface area contributed by atoms with Gasteiger partial charge in [-0.3, -0.25) is 19.8 Å². The van der Waals surface area contributed by atoms with E-state index in [1.807, 2.05) is 36.4 Å². The fraction of sp³-hybridized carbons (Fsp3) is 0.304. The van der Waals surface area contributed by atoms with Crippen LogP contribution in [0.15, 0.2) is 60.7 Å². The van der Waals surface area contributed by atoms with Crippen LogP contribution in [-0.4, -0.2) is 29.8 Å². The molecule has 0 spiro atoms. The predicted molar refractivity (Wildman–Crippen MR) is 116 cm³/mol. The Balaban J connectivity index is 1.89. The summed E-state index contributed by atoms with van der Waals surface area (Å²) in [6.07, 6.45) is -0.842. The van der Waals surface area contributed by atoms with Crippen LogP contribution in [-0.2, 0) is 37.1 Å². The van der Waals surface area contributed by atoms with Crippen LogP contribution in [0.5, 0.6) is 0 Å². The highest BCUT2D eigenvalue weighted by molar-refractivity contribution is 6.38. The maximum atomic E-state index is 12.3. The Bertz CT molecular complexity index is 904. The molecule has 170 valence electrons. The SMILES string of the molecule is CC(CC(=O)OCc1ccccc1)C[C@H](NC(=O)OCc1ccccc1)C(=O)C(=O)NN. The molecule has 0 saturated heterocycles. The lowest BCUT2D eigenvalue weighted by Gasteiger charge is -2.20. The number of carbonyl (C=O) groups is 4. The van der Waals surface area contributed by atoms with Gasteiger partial charge in [0.1, 0.15) is 19.3 Å². The lowest BCUT2D eigenvalue weighted by molar-refractivity contribution is -0.146. The van der Waals surface area contributed by atoms with Crippen molar-refractivity contribution in [3.8, 4) is 0 Å². The van der Waals surface area contributed by atoms with Crippen LogP contribution in [0.3, 0.4) is 0 Å². The summed E-state index contributed by atoms with van der Waals surface area (Å²) in [4.78, 5) is 48.3. The van der Waals surface area contributed by atoms with Crippen LogP contribution in [0, 0.1) is 5.92 Å². The second-order valence-corrected chi connectivity index (χ2v) is 7.29. The van der Waals surface area contributed by atoms with E-state index in [1.54, 1.807) is 36.6 Å². The molecule has 0 aromatic heterocycles. The standard InChI is InChI=1S/C23H27N3O6/c1-16(13-20(27)31-14-17-8-4-2-5-9-17)12-19(21(28)22(29)26-24)25-23(30)32-15-18-10-6-3-7-11-18/h2-11,16,19H,12-15,24H2,1H3,(H,25,30)(H,26,29)/t16?,19-/m0/s1. The van der Waals surface area contributed by atoms with Crippen LogP contribution >= 0.6 is 0 Å². The number of amides is 2. The maximum Gasteiger partial charge on any atom is 0.408 e. The van der Waals surface area contributed by atoms with E-state index in [4.69, 9.17) is 15.3 Å². The minimum atomic E-state index is -1.21. The number of carbonyl (C=O) groups excluding carboxylic acids is 4. The maximum absolute atomic E-state index is 12.3. The molecule has 0 saturated carbocycles. The van der Waals surface area contributed by atoms with Gasteiger partial charge < -0.3 is 14.8 Å². The first-order valence-electron chi connectivity index (χ1n) is 10.1. The number of benzene rings is 2. The van der Waals surface area contributed by atoms with Crippen LogP contribution in [0.4, 0.5) is 4.79 Å². The van der Waals surface area contributed by atoms with Gasteiger partial charge in [-0.05, 0) is 23.5 Å². The lowest BCUT2D eigenvalue weighted by atomic mass is 9.95. The third-order valence-corrected chi connectivity index (χ3v) is 4.57. The number of hydrazine groups is 1. The number of hydrogen-bond donors (Lipinski definition) is 3. The smallest absolute Gasteiger partial charge is 0.408 e. The van der Waals surface area contributed by atoms with Crippen molar-refractivity contribution >= 4 is 23.8 Å². The van der Waals surface area contributed by atoms with Crippen LogP contribution in [0.25, 0.3) is 0 Å². The third-order valence-electron chi connectivity index (χ3n) is 4.57. The number of hydrogen-bond acceptors (Lipinski definition) is 7. The van der Waals surface area contributed by atoms with Gasteiger partial charge in [0, 0.05) is 6.42 Å². The van der Waals surface area contributed by atoms with Crippen molar-refractivity contribution in [3.05, 3.63) is 71.8 Å². The van der Waals surface area contributed by atoms with Crippen molar-refractivity contribution in [2.45, 2.75) is 39.0 Å². The molecule has 0 radical (unpaired) electrons. The van der Waals surface area contributed by atoms with Gasteiger partial charge in [-0.25, -0.2) is 10.6 Å². The fourth-order valence-electron chi connectivity index (χ4n) is 2.94. The van der Waals surface area contributed by atoms with Gasteiger partial charge in [-0.15, -0.1) is 0 Å². The molecule has 0 aliphatic rings. The summed E-state index contributed by atoms with van der Waals surface area (Å²) in [6.45, 7) is 1.84. The quantitative estimate of drug-likeness (QED) is 0.159. The van der Waals surface area contributed by atoms with E-state index in [1.165, 1.54) is 0 Å². The monoisotopic (exact) mass is 441 g/mol. The molecular weight excluding hydrogens is 414 g/mol. The number of ether oxygens (including phenoxy) is 2.